The predicted octanol–water partition coefficient (Wildman–Crippen LogP) is 2.14. The molecule has 0 radical (unpaired) electrons. The number of thiazole rings is 1. The number of fused-ring (bicyclic) bond motifs is 1. The number of imidazole rings is 1. The minimum absolute atomic E-state index is 0.0477. The van der Waals surface area contributed by atoms with E-state index in [0.717, 1.165) is 21.9 Å². The summed E-state index contributed by atoms with van der Waals surface area (Å²) in [6, 6.07) is 4.18. The van der Waals surface area contributed by atoms with E-state index >= 15 is 0 Å². The molecule has 6 heteroatoms. The van der Waals surface area contributed by atoms with E-state index in [1.54, 1.807) is 11.3 Å². The van der Waals surface area contributed by atoms with Crippen LogP contribution in [0, 0.1) is 0 Å². The standard InChI is InChI=1S/C12H13BN3PS/c1-12(13,17)11-15-6-9-3-2-8(7-16(9)11)10-14-4-5-18-10/h2-7H,13,17H2,1H3. The molecule has 3 aromatic heterocycles. The average Bonchev–Trinajstić information content (AvgIpc) is 2.96. The summed E-state index contributed by atoms with van der Waals surface area (Å²) in [5.41, 5.74) is 2.24. The van der Waals surface area contributed by atoms with E-state index in [-0.39, 0.29) is 5.06 Å². The van der Waals surface area contributed by atoms with Crippen molar-refractivity contribution in [3.05, 3.63) is 41.9 Å². The van der Waals surface area contributed by atoms with Gasteiger partial charge in [-0.25, -0.2) is 9.97 Å². The topological polar surface area (TPSA) is 30.2 Å². The van der Waals surface area contributed by atoms with Crippen LogP contribution in [0.1, 0.15) is 12.7 Å². The van der Waals surface area contributed by atoms with Crippen LogP contribution in [0.15, 0.2) is 36.1 Å². The molecule has 0 saturated heterocycles. The number of hydrogen-bond donors (Lipinski definition) is 0. The summed E-state index contributed by atoms with van der Waals surface area (Å²) in [5, 5.41) is 2.99. The Bertz CT molecular complexity index is 685. The number of nitrogens with zero attached hydrogens (tertiary/aromatic N) is 3. The summed E-state index contributed by atoms with van der Waals surface area (Å²) in [6.07, 6.45) is 5.85. The molecule has 0 aliphatic carbocycles. The predicted molar refractivity (Wildman–Crippen MR) is 81.9 cm³/mol. The second kappa shape index (κ2) is 4.18. The third kappa shape index (κ3) is 1.98. The van der Waals surface area contributed by atoms with Crippen molar-refractivity contribution in [3.63, 3.8) is 0 Å². The van der Waals surface area contributed by atoms with E-state index in [0.29, 0.717) is 0 Å². The van der Waals surface area contributed by atoms with Gasteiger partial charge in [-0.15, -0.1) is 20.6 Å². The smallest absolute Gasteiger partial charge is 0.124 e. The fourth-order valence-electron chi connectivity index (χ4n) is 1.96. The summed E-state index contributed by atoms with van der Waals surface area (Å²) < 4.78 is 2.14. The van der Waals surface area contributed by atoms with Crippen molar-refractivity contribution >= 4 is 33.9 Å². The van der Waals surface area contributed by atoms with Crippen LogP contribution in [0.3, 0.4) is 0 Å². The van der Waals surface area contributed by atoms with Crippen LogP contribution in [-0.4, -0.2) is 22.2 Å². The Kier molecular flexibility index (Phi) is 2.76. The average molecular weight is 273 g/mol. The lowest BCUT2D eigenvalue weighted by Crippen LogP contribution is -2.16. The Morgan fingerprint density at radius 3 is 2.89 bits per heavy atom. The fourth-order valence-corrected chi connectivity index (χ4v) is 2.80. The summed E-state index contributed by atoms with van der Waals surface area (Å²) in [7, 11) is 4.98. The van der Waals surface area contributed by atoms with E-state index in [1.165, 1.54) is 0 Å². The van der Waals surface area contributed by atoms with Gasteiger partial charge >= 0.3 is 0 Å². The van der Waals surface area contributed by atoms with Crippen LogP contribution in [0.4, 0.5) is 0 Å². The fraction of sp³-hybridized carbons (Fsp3) is 0.167. The Hall–Kier alpha value is -1.19. The maximum atomic E-state index is 4.51. The minimum Gasteiger partial charge on any atom is -0.303 e. The first-order chi connectivity index (χ1) is 8.55. The molecule has 3 rings (SSSR count). The zero-order chi connectivity index (χ0) is 12.8. The van der Waals surface area contributed by atoms with Gasteiger partial charge in [-0.1, -0.05) is 6.92 Å². The number of pyridine rings is 1. The first-order valence-electron chi connectivity index (χ1n) is 5.72. The number of aromatic nitrogens is 3. The highest BCUT2D eigenvalue weighted by atomic mass is 32.1. The first-order valence-corrected chi connectivity index (χ1v) is 7.18. The van der Waals surface area contributed by atoms with Crippen LogP contribution in [0.25, 0.3) is 16.1 Å². The van der Waals surface area contributed by atoms with Crippen LogP contribution in [0.2, 0.25) is 0 Å². The SMILES string of the molecule is BC(C)(P)c1ncc2ccc(-c3nccs3)cn12. The van der Waals surface area contributed by atoms with Gasteiger partial charge in [0.05, 0.1) is 11.7 Å². The molecule has 0 N–H and O–H groups in total. The van der Waals surface area contributed by atoms with Crippen molar-refractivity contribution in [3.8, 4) is 10.6 Å². The molecule has 90 valence electrons. The molecular formula is C12H13BN3PS. The molecule has 3 nitrogen and oxygen atoms in total. The van der Waals surface area contributed by atoms with Crippen molar-refractivity contribution < 1.29 is 0 Å². The third-order valence-electron chi connectivity index (χ3n) is 2.78. The molecule has 18 heavy (non-hydrogen) atoms. The second-order valence-corrected chi connectivity index (χ2v) is 7.19. The van der Waals surface area contributed by atoms with Gasteiger partial charge in [0.1, 0.15) is 18.7 Å². The van der Waals surface area contributed by atoms with Gasteiger partial charge in [0.25, 0.3) is 0 Å². The first kappa shape index (κ1) is 11.9. The van der Waals surface area contributed by atoms with Gasteiger partial charge in [-0.3, -0.25) is 0 Å². The molecular weight excluding hydrogens is 260 g/mol. The Labute approximate surface area is 113 Å². The normalized spacial score (nSPS) is 14.8. The summed E-state index contributed by atoms with van der Waals surface area (Å²) in [6.45, 7) is 2.14. The van der Waals surface area contributed by atoms with Gasteiger partial charge in [0.2, 0.25) is 0 Å². The molecule has 2 unspecified atom stereocenters. The molecule has 0 saturated carbocycles. The molecule has 0 aliphatic heterocycles. The molecule has 0 bridgehead atoms. The Morgan fingerprint density at radius 1 is 1.39 bits per heavy atom. The molecule has 0 spiro atoms. The molecule has 0 aromatic carbocycles. The highest BCUT2D eigenvalue weighted by Crippen LogP contribution is 2.29. The maximum absolute atomic E-state index is 4.51. The largest absolute Gasteiger partial charge is 0.303 e. The van der Waals surface area contributed by atoms with Crippen molar-refractivity contribution in [1.82, 2.24) is 14.4 Å². The van der Waals surface area contributed by atoms with E-state index in [1.807, 2.05) is 17.8 Å². The quantitative estimate of drug-likeness (QED) is 0.529. The lowest BCUT2D eigenvalue weighted by Gasteiger charge is -2.16. The monoisotopic (exact) mass is 273 g/mol. The van der Waals surface area contributed by atoms with Crippen molar-refractivity contribution in [2.45, 2.75) is 12.0 Å². The highest BCUT2D eigenvalue weighted by Gasteiger charge is 2.20. The van der Waals surface area contributed by atoms with Crippen molar-refractivity contribution in [2.75, 3.05) is 0 Å². The van der Waals surface area contributed by atoms with E-state index in [2.05, 4.69) is 56.7 Å². The number of hydrogen-bond acceptors (Lipinski definition) is 3. The summed E-state index contributed by atoms with van der Waals surface area (Å²) in [5.74, 6) is 1.04. The zero-order valence-corrected chi connectivity index (χ0v) is 12.3. The number of rotatable bonds is 2. The van der Waals surface area contributed by atoms with Crippen molar-refractivity contribution in [2.24, 2.45) is 0 Å². The molecule has 2 atom stereocenters. The Balaban J connectivity index is 2.22. The Morgan fingerprint density at radius 2 is 2.22 bits per heavy atom. The second-order valence-electron chi connectivity index (χ2n) is 4.85. The molecule has 0 aliphatic rings. The van der Waals surface area contributed by atoms with Crippen molar-refractivity contribution in [1.29, 1.82) is 0 Å². The minimum atomic E-state index is -0.0477. The highest BCUT2D eigenvalue weighted by molar-refractivity contribution is 7.21. The van der Waals surface area contributed by atoms with Gasteiger partial charge in [-0.2, -0.15) is 0 Å². The molecule has 3 heterocycles. The summed E-state index contributed by atoms with van der Waals surface area (Å²) >= 11 is 1.65. The van der Waals surface area contributed by atoms with Gasteiger partial charge in [0, 0.05) is 28.4 Å². The zero-order valence-electron chi connectivity index (χ0n) is 10.3. The van der Waals surface area contributed by atoms with E-state index in [9.17, 15) is 0 Å². The lowest BCUT2D eigenvalue weighted by atomic mass is 9.87. The van der Waals surface area contributed by atoms with E-state index in [4.69, 9.17) is 0 Å². The molecule has 0 fully saturated rings. The van der Waals surface area contributed by atoms with Gasteiger partial charge < -0.3 is 4.40 Å². The van der Waals surface area contributed by atoms with Gasteiger partial charge in [0.15, 0.2) is 0 Å². The molecule has 3 aromatic rings. The maximum Gasteiger partial charge on any atom is 0.124 e. The van der Waals surface area contributed by atoms with Crippen LogP contribution in [0.5, 0.6) is 0 Å². The molecule has 0 amide bonds. The van der Waals surface area contributed by atoms with Crippen LogP contribution >= 0.6 is 20.6 Å². The van der Waals surface area contributed by atoms with Crippen LogP contribution < -0.4 is 0 Å². The summed E-state index contributed by atoms with van der Waals surface area (Å²) in [4.78, 5) is 8.86. The third-order valence-corrected chi connectivity index (χ3v) is 3.86. The van der Waals surface area contributed by atoms with Crippen LogP contribution in [-0.2, 0) is 5.06 Å². The lowest BCUT2D eigenvalue weighted by molar-refractivity contribution is 0.850. The van der Waals surface area contributed by atoms with E-state index < -0.39 is 0 Å². The van der Waals surface area contributed by atoms with Gasteiger partial charge in [-0.05, 0) is 12.1 Å².